The minimum absolute atomic E-state index is 0.00142. The van der Waals surface area contributed by atoms with Gasteiger partial charge >= 0.3 is 0 Å². The molecule has 0 aromatic heterocycles. The van der Waals surface area contributed by atoms with Crippen molar-refractivity contribution in [2.75, 3.05) is 23.4 Å². The lowest BCUT2D eigenvalue weighted by Crippen LogP contribution is -2.21. The summed E-state index contributed by atoms with van der Waals surface area (Å²) in [5.74, 6) is 0. The van der Waals surface area contributed by atoms with Gasteiger partial charge in [0.05, 0.1) is 11.1 Å². The molecule has 2 aromatic carbocycles. The molecule has 0 bridgehead atoms. The first-order chi connectivity index (χ1) is 11.2. The quantitative estimate of drug-likeness (QED) is 0.478. The number of rotatable bonds is 7. The number of nitrogens with zero attached hydrogens (tertiary/aromatic N) is 3. The van der Waals surface area contributed by atoms with Crippen molar-refractivity contribution in [3.63, 3.8) is 0 Å². The molecule has 0 saturated carbocycles. The lowest BCUT2D eigenvalue weighted by atomic mass is 10.2. The summed E-state index contributed by atoms with van der Waals surface area (Å²) in [5.41, 5.74) is 5.18. The smallest absolute Gasteiger partial charge is 0.294 e. The number of hydrazone groups is 1. The molecule has 0 unspecified atom stereocenters. The van der Waals surface area contributed by atoms with Gasteiger partial charge in [0.1, 0.15) is 5.69 Å². The summed E-state index contributed by atoms with van der Waals surface area (Å²) in [6, 6.07) is 14.4. The third-order valence-corrected chi connectivity index (χ3v) is 3.52. The third-order valence-electron chi connectivity index (χ3n) is 3.52. The summed E-state index contributed by atoms with van der Waals surface area (Å²) in [6.07, 6.45) is 1.64. The van der Waals surface area contributed by atoms with E-state index in [9.17, 15) is 10.1 Å². The molecule has 0 heterocycles. The zero-order chi connectivity index (χ0) is 16.7. The van der Waals surface area contributed by atoms with Gasteiger partial charge in [-0.05, 0) is 37.6 Å². The van der Waals surface area contributed by atoms with Crippen molar-refractivity contribution >= 4 is 23.3 Å². The third kappa shape index (κ3) is 4.29. The highest BCUT2D eigenvalue weighted by molar-refractivity contribution is 5.81. The molecule has 0 aliphatic carbocycles. The number of anilines is 2. The lowest BCUT2D eigenvalue weighted by molar-refractivity contribution is -0.384. The molecule has 120 valence electrons. The van der Waals surface area contributed by atoms with Gasteiger partial charge in [-0.1, -0.05) is 24.3 Å². The van der Waals surface area contributed by atoms with Gasteiger partial charge in [0, 0.05) is 24.8 Å². The van der Waals surface area contributed by atoms with Gasteiger partial charge in [0.2, 0.25) is 0 Å². The van der Waals surface area contributed by atoms with Crippen LogP contribution in [0.1, 0.15) is 19.4 Å². The largest absolute Gasteiger partial charge is 0.372 e. The van der Waals surface area contributed by atoms with E-state index < -0.39 is 4.92 Å². The van der Waals surface area contributed by atoms with Crippen LogP contribution in [-0.2, 0) is 0 Å². The van der Waals surface area contributed by atoms with Crippen LogP contribution >= 0.6 is 0 Å². The van der Waals surface area contributed by atoms with Crippen LogP contribution in [0.5, 0.6) is 0 Å². The molecular weight excluding hydrogens is 292 g/mol. The second-order valence-electron chi connectivity index (χ2n) is 4.91. The van der Waals surface area contributed by atoms with Crippen molar-refractivity contribution in [3.05, 3.63) is 64.2 Å². The van der Waals surface area contributed by atoms with Crippen molar-refractivity contribution in [2.45, 2.75) is 13.8 Å². The summed E-state index contributed by atoms with van der Waals surface area (Å²) >= 11 is 0. The SMILES string of the molecule is CCN(CC)c1ccc(C=NNc2ccccc2[N+](=O)[O-])cc1. The molecule has 0 atom stereocenters. The van der Waals surface area contributed by atoms with Crippen molar-refractivity contribution in [1.29, 1.82) is 0 Å². The average molecular weight is 312 g/mol. The van der Waals surface area contributed by atoms with Gasteiger partial charge in [0.25, 0.3) is 5.69 Å². The lowest BCUT2D eigenvalue weighted by Gasteiger charge is -2.20. The standard InChI is InChI=1S/C17H20N4O2/c1-3-20(4-2)15-11-9-14(10-12-15)13-18-19-16-7-5-6-8-17(16)21(22)23/h5-13,19H,3-4H2,1-2H3. The van der Waals surface area contributed by atoms with Crippen molar-refractivity contribution in [2.24, 2.45) is 5.10 Å². The molecule has 0 amide bonds. The number of nitro benzene ring substituents is 1. The first kappa shape index (κ1) is 16.5. The van der Waals surface area contributed by atoms with Gasteiger partial charge in [-0.2, -0.15) is 5.10 Å². The Balaban J connectivity index is 2.05. The predicted molar refractivity (Wildman–Crippen MR) is 94.3 cm³/mol. The normalized spacial score (nSPS) is 10.7. The van der Waals surface area contributed by atoms with Gasteiger partial charge < -0.3 is 4.90 Å². The topological polar surface area (TPSA) is 70.8 Å². The van der Waals surface area contributed by atoms with E-state index in [0.717, 1.165) is 18.7 Å². The van der Waals surface area contributed by atoms with Crippen LogP contribution in [0.4, 0.5) is 17.1 Å². The molecule has 0 saturated heterocycles. The highest BCUT2D eigenvalue weighted by Crippen LogP contribution is 2.23. The zero-order valence-electron chi connectivity index (χ0n) is 13.3. The Labute approximate surface area is 135 Å². The highest BCUT2D eigenvalue weighted by atomic mass is 16.6. The molecule has 6 heteroatoms. The minimum atomic E-state index is -0.434. The molecule has 2 aromatic rings. The maximum absolute atomic E-state index is 10.9. The van der Waals surface area contributed by atoms with E-state index in [-0.39, 0.29) is 5.69 Å². The maximum Gasteiger partial charge on any atom is 0.294 e. The van der Waals surface area contributed by atoms with E-state index >= 15 is 0 Å². The van der Waals surface area contributed by atoms with Gasteiger partial charge in [-0.3, -0.25) is 15.5 Å². The predicted octanol–water partition coefficient (Wildman–Crippen LogP) is 3.89. The van der Waals surface area contributed by atoms with E-state index in [1.54, 1.807) is 24.4 Å². The van der Waals surface area contributed by atoms with Crippen LogP contribution in [0.15, 0.2) is 53.6 Å². The second-order valence-corrected chi connectivity index (χ2v) is 4.91. The Morgan fingerprint density at radius 2 is 1.78 bits per heavy atom. The first-order valence-corrected chi connectivity index (χ1v) is 7.53. The summed E-state index contributed by atoms with van der Waals surface area (Å²) in [4.78, 5) is 12.7. The Bertz CT molecular complexity index is 679. The number of para-hydroxylation sites is 2. The molecule has 6 nitrogen and oxygen atoms in total. The molecule has 0 radical (unpaired) electrons. The number of benzene rings is 2. The van der Waals surface area contributed by atoms with E-state index in [2.05, 4.69) is 29.3 Å². The maximum atomic E-state index is 10.9. The van der Waals surface area contributed by atoms with E-state index in [1.807, 2.05) is 24.3 Å². The molecule has 0 aliphatic rings. The fourth-order valence-electron chi connectivity index (χ4n) is 2.26. The minimum Gasteiger partial charge on any atom is -0.372 e. The van der Waals surface area contributed by atoms with Crippen molar-refractivity contribution in [3.8, 4) is 0 Å². The molecular formula is C17H20N4O2. The Hall–Kier alpha value is -2.89. The number of nitro groups is 1. The Morgan fingerprint density at radius 3 is 2.39 bits per heavy atom. The summed E-state index contributed by atoms with van der Waals surface area (Å²) in [7, 11) is 0. The van der Waals surface area contributed by atoms with E-state index in [0.29, 0.717) is 5.69 Å². The van der Waals surface area contributed by atoms with Crippen molar-refractivity contribution in [1.82, 2.24) is 0 Å². The zero-order valence-corrected chi connectivity index (χ0v) is 13.3. The molecule has 0 spiro atoms. The van der Waals surface area contributed by atoms with Crippen LogP contribution in [0.2, 0.25) is 0 Å². The van der Waals surface area contributed by atoms with Gasteiger partial charge in [-0.15, -0.1) is 0 Å². The van der Waals surface area contributed by atoms with Crippen molar-refractivity contribution < 1.29 is 4.92 Å². The summed E-state index contributed by atoms with van der Waals surface area (Å²) in [6.45, 7) is 6.16. The van der Waals surface area contributed by atoms with Gasteiger partial charge in [0.15, 0.2) is 0 Å². The van der Waals surface area contributed by atoms with Crippen LogP contribution in [0, 0.1) is 10.1 Å². The number of nitrogens with one attached hydrogen (secondary N) is 1. The number of hydrogen-bond acceptors (Lipinski definition) is 5. The molecule has 0 fully saturated rings. The fourth-order valence-corrected chi connectivity index (χ4v) is 2.26. The summed E-state index contributed by atoms with van der Waals surface area (Å²) in [5, 5.41) is 15.0. The monoisotopic (exact) mass is 312 g/mol. The van der Waals surface area contributed by atoms with Crippen LogP contribution in [-0.4, -0.2) is 24.2 Å². The van der Waals surface area contributed by atoms with Crippen LogP contribution in [0.3, 0.4) is 0 Å². The average Bonchev–Trinajstić information content (AvgIpc) is 2.57. The molecule has 1 N–H and O–H groups in total. The fraction of sp³-hybridized carbons (Fsp3) is 0.235. The highest BCUT2D eigenvalue weighted by Gasteiger charge is 2.10. The first-order valence-electron chi connectivity index (χ1n) is 7.53. The summed E-state index contributed by atoms with van der Waals surface area (Å²) < 4.78 is 0. The molecule has 23 heavy (non-hydrogen) atoms. The van der Waals surface area contributed by atoms with Crippen LogP contribution in [0.25, 0.3) is 0 Å². The second kappa shape index (κ2) is 7.93. The Morgan fingerprint density at radius 1 is 1.13 bits per heavy atom. The van der Waals surface area contributed by atoms with Crippen LogP contribution < -0.4 is 10.3 Å². The molecule has 0 aliphatic heterocycles. The van der Waals surface area contributed by atoms with E-state index in [4.69, 9.17) is 0 Å². The van der Waals surface area contributed by atoms with E-state index in [1.165, 1.54) is 11.8 Å². The number of hydrogen-bond donors (Lipinski definition) is 1. The molecule has 2 rings (SSSR count). The Kier molecular flexibility index (Phi) is 5.68. The van der Waals surface area contributed by atoms with Gasteiger partial charge in [-0.25, -0.2) is 0 Å².